The topological polar surface area (TPSA) is 41.1 Å². The quantitative estimate of drug-likeness (QED) is 0.792. The molecule has 0 aliphatic heterocycles. The molecule has 0 unspecified atom stereocenters. The van der Waals surface area contributed by atoms with Crippen LogP contribution in [0.3, 0.4) is 0 Å². The molecule has 0 aliphatic rings. The van der Waals surface area contributed by atoms with Gasteiger partial charge in [0.2, 0.25) is 0 Å². The van der Waals surface area contributed by atoms with Crippen molar-refractivity contribution in [2.45, 2.75) is 12.7 Å². The summed E-state index contributed by atoms with van der Waals surface area (Å²) in [5.74, 6) is -0.996. The zero-order valence-corrected chi connectivity index (χ0v) is 11.2. The summed E-state index contributed by atoms with van der Waals surface area (Å²) in [6.07, 6.45) is -2.87. The van der Waals surface area contributed by atoms with Gasteiger partial charge in [0.15, 0.2) is 0 Å². The number of alkyl halides is 3. The second-order valence-corrected chi connectivity index (χ2v) is 4.81. The summed E-state index contributed by atoms with van der Waals surface area (Å²) in [6, 6.07) is 6.34. The van der Waals surface area contributed by atoms with Gasteiger partial charge in [0.1, 0.15) is 0 Å². The molecular weight excluding hydrogens is 277 g/mol. The van der Waals surface area contributed by atoms with E-state index in [0.717, 1.165) is 17.9 Å². The normalized spacial score (nSPS) is 11.4. The predicted molar refractivity (Wildman–Crippen MR) is 71.2 cm³/mol. The van der Waals surface area contributed by atoms with Crippen molar-refractivity contribution in [3.63, 3.8) is 0 Å². The van der Waals surface area contributed by atoms with Crippen LogP contribution >= 0.6 is 11.8 Å². The van der Waals surface area contributed by atoms with Gasteiger partial charge in [-0.05, 0) is 24.0 Å². The second kappa shape index (κ2) is 7.40. The lowest BCUT2D eigenvalue weighted by Crippen LogP contribution is -2.30. The molecule has 0 aromatic heterocycles. The third-order valence-electron chi connectivity index (χ3n) is 2.25. The van der Waals surface area contributed by atoms with E-state index in [2.05, 4.69) is 5.32 Å². The first-order valence-corrected chi connectivity index (χ1v) is 6.99. The van der Waals surface area contributed by atoms with E-state index in [0.29, 0.717) is 6.54 Å². The highest BCUT2D eigenvalue weighted by Crippen LogP contribution is 2.18. The predicted octanol–water partition coefficient (Wildman–Crippen LogP) is 2.64. The number of benzene rings is 1. The first-order valence-electron chi connectivity index (χ1n) is 5.60. The number of halogens is 3. The molecule has 0 heterocycles. The highest BCUT2D eigenvalue weighted by atomic mass is 32.2. The van der Waals surface area contributed by atoms with Gasteiger partial charge in [-0.1, -0.05) is 12.1 Å². The highest BCUT2D eigenvalue weighted by molar-refractivity contribution is 7.98. The van der Waals surface area contributed by atoms with Crippen LogP contribution in [0.5, 0.6) is 0 Å². The Morgan fingerprint density at radius 3 is 2.74 bits per heavy atom. The molecule has 19 heavy (non-hydrogen) atoms. The minimum absolute atomic E-state index is 0.145. The average molecular weight is 292 g/mol. The van der Waals surface area contributed by atoms with Crippen LogP contribution in [0.15, 0.2) is 24.3 Å². The molecule has 2 N–H and O–H groups in total. The molecule has 7 heteroatoms. The maximum absolute atomic E-state index is 12.1. The summed E-state index contributed by atoms with van der Waals surface area (Å²) >= 11 is 1.71. The van der Waals surface area contributed by atoms with Gasteiger partial charge in [-0.3, -0.25) is 4.79 Å². The Morgan fingerprint density at radius 2 is 2.11 bits per heavy atom. The van der Waals surface area contributed by atoms with Crippen molar-refractivity contribution >= 4 is 23.4 Å². The number of hydrogen-bond donors (Lipinski definition) is 2. The van der Waals surface area contributed by atoms with Crippen LogP contribution in [0.4, 0.5) is 18.9 Å². The number of anilines is 1. The van der Waals surface area contributed by atoms with Crippen LogP contribution in [0.25, 0.3) is 0 Å². The molecule has 1 aromatic rings. The van der Waals surface area contributed by atoms with Crippen molar-refractivity contribution in [3.8, 4) is 0 Å². The van der Waals surface area contributed by atoms with Crippen LogP contribution in [0.1, 0.15) is 5.56 Å². The van der Waals surface area contributed by atoms with E-state index in [1.807, 2.05) is 11.6 Å². The van der Waals surface area contributed by atoms with Gasteiger partial charge in [0.05, 0.1) is 0 Å². The largest absolute Gasteiger partial charge is 0.471 e. The lowest BCUT2D eigenvalue weighted by atomic mass is 10.2. The summed E-state index contributed by atoms with van der Waals surface area (Å²) in [5, 5.41) is 4.99. The number of rotatable bonds is 6. The molecule has 0 fully saturated rings. The minimum Gasteiger partial charge on any atom is -0.318 e. The van der Waals surface area contributed by atoms with Crippen molar-refractivity contribution in [1.29, 1.82) is 0 Å². The van der Waals surface area contributed by atoms with E-state index >= 15 is 0 Å². The summed E-state index contributed by atoms with van der Waals surface area (Å²) in [6.45, 7) is 1.37. The molecule has 0 atom stereocenters. The van der Waals surface area contributed by atoms with Gasteiger partial charge < -0.3 is 10.6 Å². The lowest BCUT2D eigenvalue weighted by molar-refractivity contribution is -0.167. The Balaban J connectivity index is 2.55. The van der Waals surface area contributed by atoms with Crippen molar-refractivity contribution in [3.05, 3.63) is 29.8 Å². The number of carbonyl (C=O) groups is 1. The molecule has 0 bridgehead atoms. The Labute approximate surface area is 114 Å². The summed E-state index contributed by atoms with van der Waals surface area (Å²) in [7, 11) is 0. The average Bonchev–Trinajstić information content (AvgIpc) is 2.34. The Bertz CT molecular complexity index is 424. The molecule has 1 amide bonds. The maximum atomic E-state index is 12.1. The number of thioether (sulfide) groups is 1. The van der Waals surface area contributed by atoms with Crippen molar-refractivity contribution in [1.82, 2.24) is 5.32 Å². The zero-order chi connectivity index (χ0) is 14.3. The zero-order valence-electron chi connectivity index (χ0n) is 10.4. The monoisotopic (exact) mass is 292 g/mol. The highest BCUT2D eigenvalue weighted by Gasteiger charge is 2.38. The number of hydrogen-bond acceptors (Lipinski definition) is 3. The van der Waals surface area contributed by atoms with E-state index in [1.165, 1.54) is 12.1 Å². The third-order valence-corrected chi connectivity index (χ3v) is 2.87. The van der Waals surface area contributed by atoms with Gasteiger partial charge in [-0.25, -0.2) is 0 Å². The van der Waals surface area contributed by atoms with Gasteiger partial charge in [0, 0.05) is 24.5 Å². The number of carbonyl (C=O) groups excluding carboxylic acids is 1. The van der Waals surface area contributed by atoms with Gasteiger partial charge in [-0.2, -0.15) is 24.9 Å². The van der Waals surface area contributed by atoms with E-state index in [4.69, 9.17) is 0 Å². The minimum atomic E-state index is -4.87. The van der Waals surface area contributed by atoms with Crippen LogP contribution in [-0.2, 0) is 11.3 Å². The fourth-order valence-corrected chi connectivity index (χ4v) is 1.72. The van der Waals surface area contributed by atoms with Crippen LogP contribution < -0.4 is 10.6 Å². The van der Waals surface area contributed by atoms with E-state index in [9.17, 15) is 18.0 Å². The van der Waals surface area contributed by atoms with Gasteiger partial charge in [-0.15, -0.1) is 0 Å². The molecule has 3 nitrogen and oxygen atoms in total. The standard InChI is InChI=1S/C12H15F3N2OS/c1-19-6-5-16-8-9-3-2-4-10(7-9)17-11(18)12(13,14)15/h2-4,7,16H,5-6,8H2,1H3,(H,17,18). The Morgan fingerprint density at radius 1 is 1.37 bits per heavy atom. The molecule has 0 radical (unpaired) electrons. The second-order valence-electron chi connectivity index (χ2n) is 3.82. The first kappa shape index (κ1) is 15.8. The summed E-state index contributed by atoms with van der Waals surface area (Å²) < 4.78 is 36.3. The first-order chi connectivity index (χ1) is 8.93. The van der Waals surface area contributed by atoms with Crippen molar-refractivity contribution in [2.24, 2.45) is 0 Å². The number of nitrogens with one attached hydrogen (secondary N) is 2. The maximum Gasteiger partial charge on any atom is 0.471 e. The summed E-state index contributed by atoms with van der Waals surface area (Å²) in [4.78, 5) is 10.8. The number of amides is 1. The van der Waals surface area contributed by atoms with E-state index in [1.54, 1.807) is 23.9 Å². The van der Waals surface area contributed by atoms with Crippen molar-refractivity contribution < 1.29 is 18.0 Å². The Hall–Kier alpha value is -1.21. The fourth-order valence-electron chi connectivity index (χ4n) is 1.37. The van der Waals surface area contributed by atoms with Crippen molar-refractivity contribution in [2.75, 3.05) is 23.9 Å². The molecule has 1 rings (SSSR count). The third kappa shape index (κ3) is 5.98. The molecule has 1 aromatic carbocycles. The molecule has 0 aliphatic carbocycles. The molecule has 0 spiro atoms. The molecule has 0 saturated heterocycles. The van der Waals surface area contributed by atoms with Gasteiger partial charge in [0.25, 0.3) is 0 Å². The lowest BCUT2D eigenvalue weighted by Gasteiger charge is -2.09. The molecule has 106 valence electrons. The molecular formula is C12H15F3N2OS. The van der Waals surface area contributed by atoms with E-state index < -0.39 is 12.1 Å². The molecule has 0 saturated carbocycles. The Kier molecular flexibility index (Phi) is 6.17. The van der Waals surface area contributed by atoms with Gasteiger partial charge >= 0.3 is 12.1 Å². The fraction of sp³-hybridized carbons (Fsp3) is 0.417. The van der Waals surface area contributed by atoms with Crippen LogP contribution in [0.2, 0.25) is 0 Å². The SMILES string of the molecule is CSCCNCc1cccc(NC(=O)C(F)(F)F)c1. The summed E-state index contributed by atoms with van der Waals surface area (Å²) in [5.41, 5.74) is 0.965. The smallest absolute Gasteiger partial charge is 0.318 e. The van der Waals surface area contributed by atoms with E-state index in [-0.39, 0.29) is 5.69 Å². The van der Waals surface area contributed by atoms with Crippen LogP contribution in [-0.4, -0.2) is 30.6 Å². The van der Waals surface area contributed by atoms with Crippen LogP contribution in [0, 0.1) is 0 Å².